The molecule has 0 saturated carbocycles. The van der Waals surface area contributed by atoms with E-state index in [0.717, 1.165) is 24.5 Å². The Kier molecular flexibility index (Phi) is 4.41. The van der Waals surface area contributed by atoms with Crippen LogP contribution in [0.4, 0.5) is 0 Å². The highest BCUT2D eigenvalue weighted by Gasteiger charge is 2.00. The van der Waals surface area contributed by atoms with E-state index in [1.165, 1.54) is 6.33 Å². The Morgan fingerprint density at radius 2 is 2.11 bits per heavy atom. The monoisotopic (exact) mass is 245 g/mol. The van der Waals surface area contributed by atoms with Gasteiger partial charge in [-0.05, 0) is 24.6 Å². The summed E-state index contributed by atoms with van der Waals surface area (Å²) < 4.78 is 1.77. The summed E-state index contributed by atoms with van der Waals surface area (Å²) >= 11 is 0. The van der Waals surface area contributed by atoms with Crippen molar-refractivity contribution in [1.29, 1.82) is 0 Å². The zero-order valence-corrected chi connectivity index (χ0v) is 10.9. The number of hydrogen-bond acceptors (Lipinski definition) is 4. The number of nitrogens with one attached hydrogen (secondary N) is 1. The molecule has 0 aliphatic rings. The molecule has 0 bridgehead atoms. The fourth-order valence-corrected chi connectivity index (χ4v) is 1.69. The Morgan fingerprint density at radius 3 is 2.83 bits per heavy atom. The van der Waals surface area contributed by atoms with Crippen LogP contribution in [0.25, 0.3) is 0 Å². The van der Waals surface area contributed by atoms with Crippen molar-refractivity contribution in [2.45, 2.75) is 26.9 Å². The van der Waals surface area contributed by atoms with Crippen LogP contribution in [0.2, 0.25) is 0 Å². The number of aromatic nitrogens is 4. The lowest BCUT2D eigenvalue weighted by molar-refractivity contribution is 0.546. The molecule has 0 saturated heterocycles. The largest absolute Gasteiger partial charge is 0.311 e. The van der Waals surface area contributed by atoms with E-state index in [4.69, 9.17) is 0 Å². The first-order chi connectivity index (χ1) is 8.74. The average Bonchev–Trinajstić information content (AvgIpc) is 2.82. The second-order valence-corrected chi connectivity index (χ2v) is 4.74. The van der Waals surface area contributed by atoms with Gasteiger partial charge in [0.2, 0.25) is 0 Å². The van der Waals surface area contributed by atoms with Gasteiger partial charge in [0.05, 0.1) is 17.9 Å². The molecule has 2 rings (SSSR count). The first-order valence-electron chi connectivity index (χ1n) is 6.22. The second-order valence-electron chi connectivity index (χ2n) is 4.74. The van der Waals surface area contributed by atoms with Crippen molar-refractivity contribution < 1.29 is 0 Å². The van der Waals surface area contributed by atoms with Crippen LogP contribution < -0.4 is 5.32 Å². The van der Waals surface area contributed by atoms with E-state index in [1.807, 2.05) is 18.2 Å². The standard InChI is InChI=1S/C13H19N5/c1-11(2)6-14-7-12-4-3-5-13(17-12)8-18-10-15-9-16-18/h3-5,9-11,14H,6-8H2,1-2H3. The molecule has 2 aromatic heterocycles. The molecule has 96 valence electrons. The van der Waals surface area contributed by atoms with E-state index in [9.17, 15) is 0 Å². The maximum absolute atomic E-state index is 4.59. The van der Waals surface area contributed by atoms with Crippen molar-refractivity contribution in [3.05, 3.63) is 42.2 Å². The molecular weight excluding hydrogens is 226 g/mol. The zero-order valence-electron chi connectivity index (χ0n) is 10.9. The molecule has 2 aromatic rings. The number of pyridine rings is 1. The molecule has 18 heavy (non-hydrogen) atoms. The van der Waals surface area contributed by atoms with Gasteiger partial charge in [0.15, 0.2) is 0 Å². The molecule has 0 fully saturated rings. The summed E-state index contributed by atoms with van der Waals surface area (Å²) in [4.78, 5) is 8.51. The van der Waals surface area contributed by atoms with E-state index >= 15 is 0 Å². The minimum Gasteiger partial charge on any atom is -0.311 e. The van der Waals surface area contributed by atoms with Crippen molar-refractivity contribution >= 4 is 0 Å². The highest BCUT2D eigenvalue weighted by Crippen LogP contribution is 2.01. The first kappa shape index (κ1) is 12.7. The fourth-order valence-electron chi connectivity index (χ4n) is 1.69. The van der Waals surface area contributed by atoms with Gasteiger partial charge in [-0.1, -0.05) is 19.9 Å². The quantitative estimate of drug-likeness (QED) is 0.837. The third-order valence-corrected chi connectivity index (χ3v) is 2.51. The topological polar surface area (TPSA) is 55.6 Å². The molecule has 0 aliphatic carbocycles. The van der Waals surface area contributed by atoms with E-state index < -0.39 is 0 Å². The third-order valence-electron chi connectivity index (χ3n) is 2.51. The summed E-state index contributed by atoms with van der Waals surface area (Å²) in [7, 11) is 0. The molecular formula is C13H19N5. The van der Waals surface area contributed by atoms with Gasteiger partial charge in [-0.15, -0.1) is 0 Å². The lowest BCUT2D eigenvalue weighted by Gasteiger charge is -2.08. The van der Waals surface area contributed by atoms with Crippen LogP contribution in [0.15, 0.2) is 30.9 Å². The van der Waals surface area contributed by atoms with Gasteiger partial charge in [-0.2, -0.15) is 5.10 Å². The van der Waals surface area contributed by atoms with Crippen LogP contribution in [0, 0.1) is 5.92 Å². The zero-order chi connectivity index (χ0) is 12.8. The highest BCUT2D eigenvalue weighted by molar-refractivity contribution is 5.11. The van der Waals surface area contributed by atoms with Gasteiger partial charge in [0.25, 0.3) is 0 Å². The van der Waals surface area contributed by atoms with E-state index in [1.54, 1.807) is 11.0 Å². The molecule has 5 nitrogen and oxygen atoms in total. The average molecular weight is 245 g/mol. The molecule has 0 aliphatic heterocycles. The molecule has 0 spiro atoms. The van der Waals surface area contributed by atoms with Gasteiger partial charge in [-0.3, -0.25) is 4.98 Å². The second kappa shape index (κ2) is 6.26. The smallest absolute Gasteiger partial charge is 0.137 e. The SMILES string of the molecule is CC(C)CNCc1cccc(Cn2cncn2)n1. The van der Waals surface area contributed by atoms with E-state index in [-0.39, 0.29) is 0 Å². The number of nitrogens with zero attached hydrogens (tertiary/aromatic N) is 4. The maximum Gasteiger partial charge on any atom is 0.137 e. The Bertz CT molecular complexity index is 464. The van der Waals surface area contributed by atoms with Gasteiger partial charge in [0.1, 0.15) is 12.7 Å². The highest BCUT2D eigenvalue weighted by atomic mass is 15.3. The summed E-state index contributed by atoms with van der Waals surface area (Å²) in [5.41, 5.74) is 2.07. The van der Waals surface area contributed by atoms with Gasteiger partial charge < -0.3 is 5.32 Å². The van der Waals surface area contributed by atoms with Gasteiger partial charge >= 0.3 is 0 Å². The predicted molar refractivity (Wildman–Crippen MR) is 69.9 cm³/mol. The molecule has 1 N–H and O–H groups in total. The first-order valence-corrected chi connectivity index (χ1v) is 6.22. The van der Waals surface area contributed by atoms with E-state index in [2.05, 4.69) is 34.2 Å². The summed E-state index contributed by atoms with van der Waals surface area (Å²) in [6.07, 6.45) is 3.24. The number of hydrogen-bond donors (Lipinski definition) is 1. The third kappa shape index (κ3) is 3.92. The van der Waals surface area contributed by atoms with Crippen LogP contribution in [0.1, 0.15) is 25.2 Å². The van der Waals surface area contributed by atoms with Crippen molar-refractivity contribution in [1.82, 2.24) is 25.1 Å². The molecule has 0 radical (unpaired) electrons. The Hall–Kier alpha value is -1.75. The molecule has 5 heteroatoms. The Labute approximate surface area is 107 Å². The van der Waals surface area contributed by atoms with Crippen molar-refractivity contribution in [2.24, 2.45) is 5.92 Å². The molecule has 0 amide bonds. The summed E-state index contributed by atoms with van der Waals surface area (Å²) in [6, 6.07) is 6.08. The molecule has 0 aromatic carbocycles. The number of rotatable bonds is 6. The van der Waals surface area contributed by atoms with Crippen molar-refractivity contribution in [2.75, 3.05) is 6.54 Å². The molecule has 0 unspecified atom stereocenters. The lowest BCUT2D eigenvalue weighted by atomic mass is 10.2. The minimum atomic E-state index is 0.656. The summed E-state index contributed by atoms with van der Waals surface area (Å²) in [5, 5.41) is 7.47. The van der Waals surface area contributed by atoms with Gasteiger partial charge in [0, 0.05) is 6.54 Å². The lowest BCUT2D eigenvalue weighted by Crippen LogP contribution is -2.20. The maximum atomic E-state index is 4.59. The predicted octanol–water partition coefficient (Wildman–Crippen LogP) is 1.47. The Balaban J connectivity index is 1.92. The van der Waals surface area contributed by atoms with Crippen LogP contribution in [0.3, 0.4) is 0 Å². The van der Waals surface area contributed by atoms with Crippen LogP contribution in [-0.4, -0.2) is 26.3 Å². The fraction of sp³-hybridized carbons (Fsp3) is 0.462. The molecule has 2 heterocycles. The Morgan fingerprint density at radius 1 is 1.28 bits per heavy atom. The van der Waals surface area contributed by atoms with Crippen molar-refractivity contribution in [3.8, 4) is 0 Å². The summed E-state index contributed by atoms with van der Waals surface area (Å²) in [5.74, 6) is 0.656. The van der Waals surface area contributed by atoms with Crippen molar-refractivity contribution in [3.63, 3.8) is 0 Å². The molecule has 0 atom stereocenters. The van der Waals surface area contributed by atoms with Crippen LogP contribution in [0.5, 0.6) is 0 Å². The van der Waals surface area contributed by atoms with Crippen LogP contribution >= 0.6 is 0 Å². The van der Waals surface area contributed by atoms with Crippen LogP contribution in [-0.2, 0) is 13.1 Å². The minimum absolute atomic E-state index is 0.656. The van der Waals surface area contributed by atoms with Gasteiger partial charge in [-0.25, -0.2) is 9.67 Å². The van der Waals surface area contributed by atoms with E-state index in [0.29, 0.717) is 12.5 Å². The normalized spacial score (nSPS) is 11.1. The summed E-state index contributed by atoms with van der Waals surface area (Å²) in [6.45, 7) is 6.87.